The quantitative estimate of drug-likeness (QED) is 0.370. The van der Waals surface area contributed by atoms with Crippen LogP contribution in [0, 0.1) is 11.5 Å². The summed E-state index contributed by atoms with van der Waals surface area (Å²) in [7, 11) is 0. The van der Waals surface area contributed by atoms with Crippen LogP contribution >= 0.6 is 11.6 Å². The molecule has 0 bridgehead atoms. The molecular formula is C14H14ClN3O. The maximum atomic E-state index is 8.60. The van der Waals surface area contributed by atoms with E-state index < -0.39 is 5.60 Å². The Bertz CT molecular complexity index is 612. The van der Waals surface area contributed by atoms with Crippen molar-refractivity contribution < 1.29 is 4.74 Å². The fourth-order valence-corrected chi connectivity index (χ4v) is 2.07. The maximum Gasteiger partial charge on any atom is 0.182 e. The average Bonchev–Trinajstić information content (AvgIpc) is 2.29. The summed E-state index contributed by atoms with van der Waals surface area (Å²) in [4.78, 5) is 4.41. The van der Waals surface area contributed by atoms with Gasteiger partial charge in [0.2, 0.25) is 0 Å². The molecule has 1 aliphatic rings. The lowest BCUT2D eigenvalue weighted by molar-refractivity contribution is 0.158. The van der Waals surface area contributed by atoms with Crippen LogP contribution in [0.1, 0.15) is 26.3 Å². The Hall–Kier alpha value is -1.99. The second-order valence-electron chi connectivity index (χ2n) is 4.81. The van der Waals surface area contributed by atoms with Crippen molar-refractivity contribution in [2.45, 2.75) is 26.4 Å². The molecule has 0 spiro atoms. The van der Waals surface area contributed by atoms with Crippen LogP contribution in [0.2, 0.25) is 5.02 Å². The van der Waals surface area contributed by atoms with Crippen molar-refractivity contribution in [2.24, 2.45) is 4.99 Å². The van der Waals surface area contributed by atoms with E-state index in [0.717, 1.165) is 17.0 Å². The number of hydrogen-bond donors (Lipinski definition) is 1. The van der Waals surface area contributed by atoms with Crippen LogP contribution in [0.3, 0.4) is 0 Å². The molecule has 0 aliphatic carbocycles. The Kier molecular flexibility index (Phi) is 3.50. The predicted molar refractivity (Wildman–Crippen MR) is 76.0 cm³/mol. The highest BCUT2D eigenvalue weighted by atomic mass is 35.5. The van der Waals surface area contributed by atoms with E-state index in [9.17, 15) is 0 Å². The summed E-state index contributed by atoms with van der Waals surface area (Å²) in [6, 6.07) is 5.42. The Morgan fingerprint density at radius 1 is 1.47 bits per heavy atom. The van der Waals surface area contributed by atoms with E-state index in [1.165, 1.54) is 0 Å². The molecule has 1 heterocycles. The number of aliphatic imine (C=N–C) groups is 1. The van der Waals surface area contributed by atoms with Crippen molar-refractivity contribution in [3.63, 3.8) is 0 Å². The molecule has 0 radical (unpaired) electrons. The molecule has 19 heavy (non-hydrogen) atoms. The van der Waals surface area contributed by atoms with Gasteiger partial charge in [0.05, 0.1) is 5.70 Å². The summed E-state index contributed by atoms with van der Waals surface area (Å²) >= 11 is 6.01. The van der Waals surface area contributed by atoms with Gasteiger partial charge in [0.15, 0.2) is 6.19 Å². The second-order valence-corrected chi connectivity index (χ2v) is 5.25. The average molecular weight is 276 g/mol. The van der Waals surface area contributed by atoms with Gasteiger partial charge in [0.1, 0.15) is 17.2 Å². The van der Waals surface area contributed by atoms with Crippen LogP contribution in [0.25, 0.3) is 5.70 Å². The minimum Gasteiger partial charge on any atom is -0.483 e. The molecule has 0 saturated carbocycles. The number of nitriles is 1. The molecule has 2 rings (SSSR count). The van der Waals surface area contributed by atoms with Crippen molar-refractivity contribution in [1.82, 2.24) is 5.32 Å². The van der Waals surface area contributed by atoms with Gasteiger partial charge in [-0.2, -0.15) is 5.26 Å². The minimum absolute atomic E-state index is 0.452. The van der Waals surface area contributed by atoms with Gasteiger partial charge in [-0.15, -0.1) is 0 Å². The van der Waals surface area contributed by atoms with Gasteiger partial charge in [-0.05, 0) is 45.0 Å². The zero-order valence-corrected chi connectivity index (χ0v) is 11.7. The number of nitrogens with one attached hydrogen (secondary N) is 1. The number of benzene rings is 1. The fourth-order valence-electron chi connectivity index (χ4n) is 1.89. The van der Waals surface area contributed by atoms with Crippen LogP contribution in [-0.2, 0) is 0 Å². The number of nitrogens with zero attached hydrogens (tertiary/aromatic N) is 2. The van der Waals surface area contributed by atoms with E-state index in [4.69, 9.17) is 21.6 Å². The molecule has 1 N–H and O–H groups in total. The van der Waals surface area contributed by atoms with Gasteiger partial charge in [-0.25, -0.2) is 4.99 Å². The van der Waals surface area contributed by atoms with Crippen molar-refractivity contribution in [3.8, 4) is 11.9 Å². The van der Waals surface area contributed by atoms with Gasteiger partial charge in [0, 0.05) is 10.6 Å². The number of amidine groups is 1. The second kappa shape index (κ2) is 4.94. The van der Waals surface area contributed by atoms with E-state index in [0.29, 0.717) is 10.9 Å². The van der Waals surface area contributed by atoms with E-state index >= 15 is 0 Å². The summed E-state index contributed by atoms with van der Waals surface area (Å²) in [6.45, 7) is 5.64. The molecule has 0 unspecified atom stereocenters. The first-order valence-electron chi connectivity index (χ1n) is 5.83. The van der Waals surface area contributed by atoms with Crippen molar-refractivity contribution >= 4 is 23.1 Å². The molecular weight excluding hydrogens is 262 g/mol. The molecule has 0 aromatic heterocycles. The lowest BCUT2D eigenvalue weighted by Crippen LogP contribution is -2.29. The molecule has 5 heteroatoms. The highest BCUT2D eigenvalue weighted by molar-refractivity contribution is 6.30. The molecule has 4 nitrogen and oxygen atoms in total. The normalized spacial score (nSPS) is 16.8. The topological polar surface area (TPSA) is 57.4 Å². The lowest BCUT2D eigenvalue weighted by atomic mass is 9.99. The van der Waals surface area contributed by atoms with Gasteiger partial charge in [-0.3, -0.25) is 5.32 Å². The molecule has 1 aromatic carbocycles. The Balaban J connectivity index is 2.52. The largest absolute Gasteiger partial charge is 0.483 e. The highest BCUT2D eigenvalue weighted by Crippen LogP contribution is 2.38. The van der Waals surface area contributed by atoms with Crippen molar-refractivity contribution in [2.75, 3.05) is 0 Å². The maximum absolute atomic E-state index is 8.60. The number of fused-ring (bicyclic) bond motifs is 1. The van der Waals surface area contributed by atoms with E-state index in [-0.39, 0.29) is 0 Å². The monoisotopic (exact) mass is 275 g/mol. The lowest BCUT2D eigenvalue weighted by Gasteiger charge is -2.30. The molecule has 0 saturated heterocycles. The molecule has 98 valence electrons. The third kappa shape index (κ3) is 3.07. The van der Waals surface area contributed by atoms with Crippen LogP contribution in [0.5, 0.6) is 5.75 Å². The van der Waals surface area contributed by atoms with Crippen LogP contribution in [0.4, 0.5) is 0 Å². The van der Waals surface area contributed by atoms with E-state index in [2.05, 4.69) is 10.3 Å². The van der Waals surface area contributed by atoms with E-state index in [1.54, 1.807) is 19.1 Å². The van der Waals surface area contributed by atoms with E-state index in [1.807, 2.05) is 32.2 Å². The molecule has 0 atom stereocenters. The first-order valence-corrected chi connectivity index (χ1v) is 6.21. The summed E-state index contributed by atoms with van der Waals surface area (Å²) in [5.74, 6) is 1.26. The highest BCUT2D eigenvalue weighted by Gasteiger charge is 2.26. The first-order chi connectivity index (χ1) is 8.91. The van der Waals surface area contributed by atoms with Crippen LogP contribution in [0.15, 0.2) is 29.3 Å². The summed E-state index contributed by atoms with van der Waals surface area (Å²) in [5, 5.41) is 11.7. The van der Waals surface area contributed by atoms with Crippen molar-refractivity contribution in [1.29, 1.82) is 5.26 Å². The fraction of sp³-hybridized carbons (Fsp3) is 0.286. The smallest absolute Gasteiger partial charge is 0.182 e. The number of rotatable bonds is 1. The number of hydrogen-bond acceptors (Lipinski definition) is 3. The van der Waals surface area contributed by atoms with Gasteiger partial charge < -0.3 is 4.74 Å². The Labute approximate surface area is 117 Å². The number of halogens is 1. The first kappa shape index (κ1) is 13.4. The summed E-state index contributed by atoms with van der Waals surface area (Å²) in [5.41, 5.74) is 1.12. The third-order valence-electron chi connectivity index (χ3n) is 2.60. The Morgan fingerprint density at radius 2 is 2.21 bits per heavy atom. The standard InChI is InChI=1S/C14H14ClN3O/c1-9(17-8-16)18-12-7-14(2,3)19-13-5-4-10(15)6-11(12)13/h4-7H,1-3H3,(H,17,18). The zero-order valence-electron chi connectivity index (χ0n) is 11.0. The summed E-state index contributed by atoms with van der Waals surface area (Å²) < 4.78 is 5.86. The summed E-state index contributed by atoms with van der Waals surface area (Å²) in [6.07, 6.45) is 3.76. The Morgan fingerprint density at radius 3 is 2.89 bits per heavy atom. The molecule has 1 aliphatic heterocycles. The van der Waals surface area contributed by atoms with Crippen molar-refractivity contribution in [3.05, 3.63) is 34.9 Å². The third-order valence-corrected chi connectivity index (χ3v) is 2.83. The SMILES string of the molecule is CC(=NC1=CC(C)(C)Oc2ccc(Cl)cc21)NC#N. The predicted octanol–water partition coefficient (Wildman–Crippen LogP) is 3.34. The number of ether oxygens (including phenoxy) is 1. The minimum atomic E-state index is -0.452. The molecule has 0 amide bonds. The van der Waals surface area contributed by atoms with Gasteiger partial charge in [0.25, 0.3) is 0 Å². The molecule has 1 aromatic rings. The van der Waals surface area contributed by atoms with Gasteiger partial charge >= 0.3 is 0 Å². The van der Waals surface area contributed by atoms with Gasteiger partial charge in [-0.1, -0.05) is 11.6 Å². The molecule has 0 fully saturated rings. The van der Waals surface area contributed by atoms with Crippen LogP contribution in [-0.4, -0.2) is 11.4 Å². The zero-order chi connectivity index (χ0) is 14.0. The van der Waals surface area contributed by atoms with Crippen LogP contribution < -0.4 is 10.1 Å².